The molecular formula is C27H33N5O. The molecular weight excluding hydrogens is 410 g/mol. The van der Waals surface area contributed by atoms with Gasteiger partial charge in [0.25, 0.3) is 0 Å². The Morgan fingerprint density at radius 3 is 2.52 bits per heavy atom. The van der Waals surface area contributed by atoms with Gasteiger partial charge in [0, 0.05) is 68.0 Å². The van der Waals surface area contributed by atoms with Gasteiger partial charge in [0.15, 0.2) is 0 Å². The first-order valence-electron chi connectivity index (χ1n) is 11.9. The number of pyridine rings is 1. The van der Waals surface area contributed by atoms with Crippen LogP contribution in [0.3, 0.4) is 0 Å². The van der Waals surface area contributed by atoms with E-state index in [1.54, 1.807) is 6.20 Å². The molecule has 4 rings (SSSR count). The molecule has 1 amide bonds. The SMILES string of the molecule is CCCN1CCN(Cc2cnc(C(C)C)nc2)[C@@H](Cc2ccccc2-c2cccnc2)C1=O. The van der Waals surface area contributed by atoms with Gasteiger partial charge in [-0.2, -0.15) is 0 Å². The van der Waals surface area contributed by atoms with Crippen molar-refractivity contribution in [3.8, 4) is 11.1 Å². The van der Waals surface area contributed by atoms with Crippen molar-refractivity contribution in [2.45, 2.75) is 52.1 Å². The Morgan fingerprint density at radius 2 is 1.82 bits per heavy atom. The third-order valence-electron chi connectivity index (χ3n) is 6.22. The van der Waals surface area contributed by atoms with E-state index in [0.717, 1.165) is 48.6 Å². The van der Waals surface area contributed by atoms with Crippen LogP contribution in [0.25, 0.3) is 11.1 Å². The predicted molar refractivity (Wildman–Crippen MR) is 131 cm³/mol. The van der Waals surface area contributed by atoms with Crippen LogP contribution in [-0.2, 0) is 17.8 Å². The zero-order valence-corrected chi connectivity index (χ0v) is 19.8. The zero-order valence-electron chi connectivity index (χ0n) is 19.8. The lowest BCUT2D eigenvalue weighted by molar-refractivity contribution is -0.142. The van der Waals surface area contributed by atoms with E-state index < -0.39 is 0 Å². The van der Waals surface area contributed by atoms with E-state index in [-0.39, 0.29) is 11.9 Å². The fourth-order valence-corrected chi connectivity index (χ4v) is 4.47. The Kier molecular flexibility index (Phi) is 7.45. The fraction of sp³-hybridized carbons (Fsp3) is 0.407. The van der Waals surface area contributed by atoms with Crippen molar-refractivity contribution in [1.82, 2.24) is 24.8 Å². The molecule has 6 nitrogen and oxygen atoms in total. The first-order chi connectivity index (χ1) is 16.1. The van der Waals surface area contributed by atoms with Gasteiger partial charge in [-0.05, 0) is 30.0 Å². The maximum atomic E-state index is 13.6. The molecule has 0 spiro atoms. The maximum Gasteiger partial charge on any atom is 0.240 e. The largest absolute Gasteiger partial charge is 0.340 e. The third kappa shape index (κ3) is 5.45. The highest BCUT2D eigenvalue weighted by atomic mass is 16.2. The zero-order chi connectivity index (χ0) is 23.2. The molecule has 172 valence electrons. The molecule has 0 radical (unpaired) electrons. The molecule has 1 saturated heterocycles. The average molecular weight is 444 g/mol. The van der Waals surface area contributed by atoms with E-state index in [1.165, 1.54) is 5.56 Å². The van der Waals surface area contributed by atoms with Crippen molar-refractivity contribution in [1.29, 1.82) is 0 Å². The van der Waals surface area contributed by atoms with Crippen LogP contribution >= 0.6 is 0 Å². The molecule has 1 aromatic carbocycles. The van der Waals surface area contributed by atoms with Gasteiger partial charge in [-0.1, -0.05) is 51.1 Å². The summed E-state index contributed by atoms with van der Waals surface area (Å²) in [6.07, 6.45) is 9.12. The van der Waals surface area contributed by atoms with E-state index >= 15 is 0 Å². The van der Waals surface area contributed by atoms with Crippen LogP contribution in [0.5, 0.6) is 0 Å². The second-order valence-corrected chi connectivity index (χ2v) is 9.02. The second kappa shape index (κ2) is 10.7. The number of hydrogen-bond acceptors (Lipinski definition) is 5. The second-order valence-electron chi connectivity index (χ2n) is 9.02. The van der Waals surface area contributed by atoms with Crippen LogP contribution in [-0.4, -0.2) is 56.3 Å². The number of benzene rings is 1. The van der Waals surface area contributed by atoms with Crippen molar-refractivity contribution in [3.63, 3.8) is 0 Å². The monoisotopic (exact) mass is 443 g/mol. The molecule has 3 aromatic rings. The normalized spacial score (nSPS) is 17.0. The molecule has 0 bridgehead atoms. The van der Waals surface area contributed by atoms with Gasteiger partial charge in [-0.3, -0.25) is 14.7 Å². The molecule has 1 atom stereocenters. The highest BCUT2D eigenvalue weighted by molar-refractivity contribution is 5.83. The molecule has 0 saturated carbocycles. The predicted octanol–water partition coefficient (Wildman–Crippen LogP) is 4.33. The smallest absolute Gasteiger partial charge is 0.240 e. The van der Waals surface area contributed by atoms with Crippen molar-refractivity contribution in [2.24, 2.45) is 0 Å². The minimum absolute atomic E-state index is 0.212. The minimum Gasteiger partial charge on any atom is -0.340 e. The first-order valence-corrected chi connectivity index (χ1v) is 11.9. The number of amides is 1. The molecule has 0 unspecified atom stereocenters. The summed E-state index contributed by atoms with van der Waals surface area (Å²) in [5, 5.41) is 0. The van der Waals surface area contributed by atoms with Crippen molar-refractivity contribution >= 4 is 5.91 Å². The van der Waals surface area contributed by atoms with Gasteiger partial charge < -0.3 is 4.90 Å². The minimum atomic E-state index is -0.215. The Hall–Kier alpha value is -3.12. The number of nitrogens with zero attached hydrogens (tertiary/aromatic N) is 5. The standard InChI is InChI=1S/C27H33N5O/c1-4-12-31-13-14-32(19-21-16-29-26(20(2)3)30-17-21)25(27(31)33)15-22-8-5-6-10-24(22)23-9-7-11-28-18-23/h5-11,16-18,20,25H,4,12-15,19H2,1-3H3/t25-/m0/s1. The summed E-state index contributed by atoms with van der Waals surface area (Å²) in [7, 11) is 0. The van der Waals surface area contributed by atoms with E-state index in [0.29, 0.717) is 18.9 Å². The number of piperazine rings is 1. The van der Waals surface area contributed by atoms with Gasteiger partial charge in [-0.25, -0.2) is 9.97 Å². The Labute approximate surface area is 196 Å². The highest BCUT2D eigenvalue weighted by Crippen LogP contribution is 2.27. The summed E-state index contributed by atoms with van der Waals surface area (Å²) in [6, 6.07) is 12.2. The van der Waals surface area contributed by atoms with Gasteiger partial charge in [-0.15, -0.1) is 0 Å². The number of aromatic nitrogens is 3. The van der Waals surface area contributed by atoms with Gasteiger partial charge in [0.05, 0.1) is 6.04 Å². The van der Waals surface area contributed by atoms with E-state index in [4.69, 9.17) is 0 Å². The van der Waals surface area contributed by atoms with E-state index in [9.17, 15) is 4.79 Å². The van der Waals surface area contributed by atoms with Crippen LogP contribution < -0.4 is 0 Å². The number of hydrogen-bond donors (Lipinski definition) is 0. The highest BCUT2D eigenvalue weighted by Gasteiger charge is 2.35. The summed E-state index contributed by atoms with van der Waals surface area (Å²) in [5.74, 6) is 1.36. The van der Waals surface area contributed by atoms with Gasteiger partial charge >= 0.3 is 0 Å². The Morgan fingerprint density at radius 1 is 1.03 bits per heavy atom. The summed E-state index contributed by atoms with van der Waals surface area (Å²) in [5.41, 5.74) is 4.42. The molecule has 0 aliphatic carbocycles. The van der Waals surface area contributed by atoms with Crippen LogP contribution in [0.4, 0.5) is 0 Å². The summed E-state index contributed by atoms with van der Waals surface area (Å²) in [6.45, 7) is 9.39. The molecule has 6 heteroatoms. The lowest BCUT2D eigenvalue weighted by Crippen LogP contribution is -2.57. The Bertz CT molecular complexity index is 1050. The number of carbonyl (C=O) groups excluding carboxylic acids is 1. The maximum absolute atomic E-state index is 13.6. The van der Waals surface area contributed by atoms with Crippen LogP contribution in [0, 0.1) is 0 Å². The lowest BCUT2D eigenvalue weighted by atomic mass is 9.93. The van der Waals surface area contributed by atoms with Gasteiger partial charge in [0.1, 0.15) is 5.82 Å². The number of carbonyl (C=O) groups is 1. The van der Waals surface area contributed by atoms with Crippen LogP contribution in [0.1, 0.15) is 50.1 Å². The van der Waals surface area contributed by atoms with E-state index in [1.807, 2.05) is 35.6 Å². The van der Waals surface area contributed by atoms with Crippen molar-refractivity contribution in [2.75, 3.05) is 19.6 Å². The van der Waals surface area contributed by atoms with Gasteiger partial charge in [0.2, 0.25) is 5.91 Å². The molecule has 0 N–H and O–H groups in total. The molecule has 1 aliphatic heterocycles. The lowest BCUT2D eigenvalue weighted by Gasteiger charge is -2.41. The number of rotatable bonds is 8. The molecule has 1 aliphatic rings. The molecule has 33 heavy (non-hydrogen) atoms. The molecule has 3 heterocycles. The van der Waals surface area contributed by atoms with Crippen molar-refractivity contribution < 1.29 is 4.79 Å². The summed E-state index contributed by atoms with van der Waals surface area (Å²) in [4.78, 5) is 31.2. The first kappa shape index (κ1) is 23.1. The summed E-state index contributed by atoms with van der Waals surface area (Å²) < 4.78 is 0. The van der Waals surface area contributed by atoms with Crippen molar-refractivity contribution in [3.05, 3.63) is 78.1 Å². The summed E-state index contributed by atoms with van der Waals surface area (Å²) >= 11 is 0. The topological polar surface area (TPSA) is 62.2 Å². The third-order valence-corrected chi connectivity index (χ3v) is 6.22. The molecule has 2 aromatic heterocycles. The molecule has 1 fully saturated rings. The van der Waals surface area contributed by atoms with Crippen LogP contribution in [0.2, 0.25) is 0 Å². The Balaban J connectivity index is 1.61. The van der Waals surface area contributed by atoms with E-state index in [2.05, 4.69) is 64.9 Å². The quantitative estimate of drug-likeness (QED) is 0.519. The average Bonchev–Trinajstić information content (AvgIpc) is 2.84. The van der Waals surface area contributed by atoms with Crippen LogP contribution in [0.15, 0.2) is 61.2 Å². The fourth-order valence-electron chi connectivity index (χ4n) is 4.47.